The number of rotatable bonds is 4. The standard InChI is InChI=1S/C18H15N5/c1-2-14(11-19-6-1)13-3-7-20-17(10-13)23-12-15-4-8-21-18-16(15)5-9-22-18/h1-11H,12H2,(H,20,23)(H,21,22). The molecule has 4 heterocycles. The summed E-state index contributed by atoms with van der Waals surface area (Å²) < 4.78 is 0. The van der Waals surface area contributed by atoms with Crippen molar-refractivity contribution >= 4 is 16.9 Å². The zero-order valence-corrected chi connectivity index (χ0v) is 12.4. The van der Waals surface area contributed by atoms with Gasteiger partial charge in [-0.2, -0.15) is 0 Å². The first kappa shape index (κ1) is 13.5. The number of aromatic nitrogens is 4. The van der Waals surface area contributed by atoms with Gasteiger partial charge >= 0.3 is 0 Å². The molecule has 0 amide bonds. The summed E-state index contributed by atoms with van der Waals surface area (Å²) in [6.07, 6.45) is 9.15. The van der Waals surface area contributed by atoms with Gasteiger partial charge in [0.2, 0.25) is 0 Å². The number of H-pyrrole nitrogens is 1. The van der Waals surface area contributed by atoms with Crippen molar-refractivity contribution in [2.24, 2.45) is 0 Å². The van der Waals surface area contributed by atoms with Crippen LogP contribution in [0.25, 0.3) is 22.2 Å². The minimum Gasteiger partial charge on any atom is -0.366 e. The van der Waals surface area contributed by atoms with Gasteiger partial charge in [-0.1, -0.05) is 6.07 Å². The zero-order chi connectivity index (χ0) is 15.5. The van der Waals surface area contributed by atoms with Crippen LogP contribution in [0, 0.1) is 0 Å². The number of hydrogen-bond donors (Lipinski definition) is 2. The van der Waals surface area contributed by atoms with E-state index in [-0.39, 0.29) is 0 Å². The Balaban J connectivity index is 1.57. The second-order valence-corrected chi connectivity index (χ2v) is 5.24. The number of anilines is 1. The van der Waals surface area contributed by atoms with Gasteiger partial charge < -0.3 is 10.3 Å². The molecule has 0 atom stereocenters. The lowest BCUT2D eigenvalue weighted by atomic mass is 10.1. The molecule has 0 aliphatic rings. The molecule has 0 unspecified atom stereocenters. The summed E-state index contributed by atoms with van der Waals surface area (Å²) in [5.41, 5.74) is 4.26. The lowest BCUT2D eigenvalue weighted by Crippen LogP contribution is -2.02. The van der Waals surface area contributed by atoms with Gasteiger partial charge in [-0.25, -0.2) is 9.97 Å². The van der Waals surface area contributed by atoms with Crippen molar-refractivity contribution < 1.29 is 0 Å². The average Bonchev–Trinajstić information content (AvgIpc) is 3.10. The predicted octanol–water partition coefficient (Wildman–Crippen LogP) is 3.63. The highest BCUT2D eigenvalue weighted by molar-refractivity contribution is 5.79. The van der Waals surface area contributed by atoms with Gasteiger partial charge in [0.25, 0.3) is 0 Å². The molecule has 4 aromatic rings. The molecule has 2 N–H and O–H groups in total. The Hall–Kier alpha value is -3.21. The molecule has 5 heteroatoms. The van der Waals surface area contributed by atoms with E-state index in [0.29, 0.717) is 6.54 Å². The van der Waals surface area contributed by atoms with E-state index in [0.717, 1.165) is 28.0 Å². The molecule has 0 aliphatic carbocycles. The second kappa shape index (κ2) is 5.88. The summed E-state index contributed by atoms with van der Waals surface area (Å²) in [5, 5.41) is 4.51. The highest BCUT2D eigenvalue weighted by Crippen LogP contribution is 2.21. The predicted molar refractivity (Wildman–Crippen MR) is 90.9 cm³/mol. The number of nitrogens with one attached hydrogen (secondary N) is 2. The Labute approximate surface area is 133 Å². The van der Waals surface area contributed by atoms with Crippen LogP contribution in [0.2, 0.25) is 0 Å². The van der Waals surface area contributed by atoms with Gasteiger partial charge in [0.05, 0.1) is 0 Å². The van der Waals surface area contributed by atoms with Gasteiger partial charge in [0, 0.05) is 48.5 Å². The van der Waals surface area contributed by atoms with Gasteiger partial charge in [0.15, 0.2) is 0 Å². The van der Waals surface area contributed by atoms with E-state index >= 15 is 0 Å². The van der Waals surface area contributed by atoms with Gasteiger partial charge in [-0.3, -0.25) is 4.98 Å². The summed E-state index contributed by atoms with van der Waals surface area (Å²) >= 11 is 0. The lowest BCUT2D eigenvalue weighted by molar-refractivity contribution is 1.12. The Morgan fingerprint density at radius 1 is 0.957 bits per heavy atom. The molecule has 4 aromatic heterocycles. The van der Waals surface area contributed by atoms with Crippen molar-refractivity contribution in [3.8, 4) is 11.1 Å². The summed E-state index contributed by atoms with van der Waals surface area (Å²) in [4.78, 5) is 16.0. The Bertz CT molecular complexity index is 930. The van der Waals surface area contributed by atoms with Crippen molar-refractivity contribution in [1.29, 1.82) is 0 Å². The fourth-order valence-electron chi connectivity index (χ4n) is 2.60. The van der Waals surface area contributed by atoms with Crippen LogP contribution in [-0.2, 0) is 6.54 Å². The monoisotopic (exact) mass is 301 g/mol. The summed E-state index contributed by atoms with van der Waals surface area (Å²) in [6.45, 7) is 0.695. The molecule has 0 spiro atoms. The molecule has 0 bridgehead atoms. The molecule has 5 nitrogen and oxygen atoms in total. The van der Waals surface area contributed by atoms with E-state index in [4.69, 9.17) is 0 Å². The largest absolute Gasteiger partial charge is 0.366 e. The maximum absolute atomic E-state index is 4.39. The molecular weight excluding hydrogens is 286 g/mol. The van der Waals surface area contributed by atoms with E-state index in [9.17, 15) is 0 Å². The van der Waals surface area contributed by atoms with Crippen LogP contribution >= 0.6 is 0 Å². The Morgan fingerprint density at radius 3 is 2.83 bits per heavy atom. The quantitative estimate of drug-likeness (QED) is 0.604. The van der Waals surface area contributed by atoms with Crippen LogP contribution in [0.5, 0.6) is 0 Å². The number of aromatic amines is 1. The Morgan fingerprint density at radius 2 is 1.91 bits per heavy atom. The number of fused-ring (bicyclic) bond motifs is 1. The van der Waals surface area contributed by atoms with Crippen molar-refractivity contribution in [1.82, 2.24) is 19.9 Å². The summed E-state index contributed by atoms with van der Waals surface area (Å²) in [6, 6.07) is 12.1. The first-order valence-corrected chi connectivity index (χ1v) is 7.41. The molecule has 0 radical (unpaired) electrons. The molecule has 112 valence electrons. The van der Waals surface area contributed by atoms with E-state index in [1.165, 1.54) is 5.56 Å². The molecule has 0 aliphatic heterocycles. The van der Waals surface area contributed by atoms with Gasteiger partial charge in [0.1, 0.15) is 11.5 Å². The summed E-state index contributed by atoms with van der Waals surface area (Å²) in [5.74, 6) is 0.840. The van der Waals surface area contributed by atoms with E-state index in [2.05, 4.69) is 25.3 Å². The molecule has 0 aromatic carbocycles. The number of pyridine rings is 3. The van der Waals surface area contributed by atoms with Gasteiger partial charge in [-0.15, -0.1) is 0 Å². The fourth-order valence-corrected chi connectivity index (χ4v) is 2.60. The lowest BCUT2D eigenvalue weighted by Gasteiger charge is -2.08. The third kappa shape index (κ3) is 2.76. The topological polar surface area (TPSA) is 66.5 Å². The zero-order valence-electron chi connectivity index (χ0n) is 12.4. The van der Waals surface area contributed by atoms with E-state index in [1.54, 1.807) is 6.20 Å². The van der Waals surface area contributed by atoms with Crippen molar-refractivity contribution in [2.75, 3.05) is 5.32 Å². The third-order valence-corrected chi connectivity index (χ3v) is 3.77. The fraction of sp³-hybridized carbons (Fsp3) is 0.0556. The number of hydrogen-bond acceptors (Lipinski definition) is 4. The van der Waals surface area contributed by atoms with E-state index in [1.807, 2.05) is 61.2 Å². The third-order valence-electron chi connectivity index (χ3n) is 3.77. The van der Waals surface area contributed by atoms with Crippen molar-refractivity contribution in [2.45, 2.75) is 6.54 Å². The van der Waals surface area contributed by atoms with Crippen LogP contribution in [0.4, 0.5) is 5.82 Å². The number of nitrogens with zero attached hydrogens (tertiary/aromatic N) is 3. The Kier molecular flexibility index (Phi) is 3.44. The van der Waals surface area contributed by atoms with Crippen LogP contribution in [-0.4, -0.2) is 19.9 Å². The van der Waals surface area contributed by atoms with Crippen LogP contribution in [0.15, 0.2) is 67.4 Å². The van der Waals surface area contributed by atoms with Crippen LogP contribution < -0.4 is 5.32 Å². The highest BCUT2D eigenvalue weighted by atomic mass is 15.0. The first-order chi connectivity index (χ1) is 11.4. The molecular formula is C18H15N5. The second-order valence-electron chi connectivity index (χ2n) is 5.24. The average molecular weight is 301 g/mol. The molecule has 4 rings (SSSR count). The molecule has 0 saturated heterocycles. The maximum atomic E-state index is 4.39. The van der Waals surface area contributed by atoms with E-state index < -0.39 is 0 Å². The molecule has 0 saturated carbocycles. The summed E-state index contributed by atoms with van der Waals surface area (Å²) in [7, 11) is 0. The minimum absolute atomic E-state index is 0.695. The van der Waals surface area contributed by atoms with Crippen LogP contribution in [0.1, 0.15) is 5.56 Å². The first-order valence-electron chi connectivity index (χ1n) is 7.41. The van der Waals surface area contributed by atoms with Crippen molar-refractivity contribution in [3.63, 3.8) is 0 Å². The smallest absolute Gasteiger partial charge is 0.137 e. The van der Waals surface area contributed by atoms with Crippen LogP contribution in [0.3, 0.4) is 0 Å². The highest BCUT2D eigenvalue weighted by Gasteiger charge is 2.04. The molecule has 23 heavy (non-hydrogen) atoms. The SMILES string of the molecule is c1cncc(-c2ccnc(NCc3ccnc4[nH]ccc34)c2)c1. The van der Waals surface area contributed by atoms with Gasteiger partial charge in [-0.05, 0) is 41.5 Å². The molecule has 0 fully saturated rings. The van der Waals surface area contributed by atoms with Crippen molar-refractivity contribution in [3.05, 3.63) is 72.9 Å². The normalized spacial score (nSPS) is 10.8. The minimum atomic E-state index is 0.695. The maximum Gasteiger partial charge on any atom is 0.137 e.